The van der Waals surface area contributed by atoms with E-state index in [1.54, 1.807) is 0 Å². The second kappa shape index (κ2) is 7.09. The van der Waals surface area contributed by atoms with Gasteiger partial charge in [-0.15, -0.1) is 0 Å². The first-order valence-corrected chi connectivity index (χ1v) is 8.36. The fourth-order valence-corrected chi connectivity index (χ4v) is 3.65. The van der Waals surface area contributed by atoms with Crippen molar-refractivity contribution >= 4 is 39.9 Å². The number of nitrogens with zero attached hydrogens (tertiary/aromatic N) is 2. The number of fused-ring (bicyclic) bond motifs is 1. The summed E-state index contributed by atoms with van der Waals surface area (Å²) in [6.45, 7) is 6.73. The number of thiocarbonyl (C=S) groups is 1. The number of amides is 1. The quantitative estimate of drug-likeness (QED) is 0.798. The molecule has 0 atom stereocenters. The zero-order valence-corrected chi connectivity index (χ0v) is 13.6. The van der Waals surface area contributed by atoms with E-state index in [1.807, 2.05) is 23.1 Å². The van der Waals surface area contributed by atoms with Crippen molar-refractivity contribution < 1.29 is 4.79 Å². The lowest BCUT2D eigenvalue weighted by Gasteiger charge is -2.22. The molecule has 0 saturated heterocycles. The van der Waals surface area contributed by atoms with Crippen LogP contribution in [0.25, 0.3) is 0 Å². The first-order valence-electron chi connectivity index (χ1n) is 6.97. The highest BCUT2D eigenvalue weighted by molar-refractivity contribution is 8.23. The van der Waals surface area contributed by atoms with Gasteiger partial charge in [0.1, 0.15) is 4.32 Å². The Balaban J connectivity index is 1.92. The Kier molecular flexibility index (Phi) is 5.43. The van der Waals surface area contributed by atoms with Crippen molar-refractivity contribution in [2.24, 2.45) is 0 Å². The van der Waals surface area contributed by atoms with Crippen LogP contribution in [0.3, 0.4) is 0 Å². The lowest BCUT2D eigenvalue weighted by molar-refractivity contribution is -0.116. The minimum Gasteiger partial charge on any atom is -0.358 e. The third-order valence-corrected chi connectivity index (χ3v) is 5.04. The summed E-state index contributed by atoms with van der Waals surface area (Å²) in [4.78, 5) is 16.3. The molecule has 1 aromatic rings. The highest BCUT2D eigenvalue weighted by atomic mass is 32.2. The van der Waals surface area contributed by atoms with Crippen LogP contribution in [0.5, 0.6) is 0 Å². The number of carbonyl (C=O) groups excluding carboxylic acids is 1. The lowest BCUT2D eigenvalue weighted by atomic mass is 10.2. The number of carbonyl (C=O) groups is 1. The predicted molar refractivity (Wildman–Crippen MR) is 90.5 cm³/mol. The first-order chi connectivity index (χ1) is 9.67. The average Bonchev–Trinajstić information content (AvgIpc) is 2.90. The van der Waals surface area contributed by atoms with E-state index in [-0.39, 0.29) is 5.91 Å². The molecule has 1 aromatic carbocycles. The Morgan fingerprint density at radius 3 is 2.75 bits per heavy atom. The van der Waals surface area contributed by atoms with Crippen molar-refractivity contribution in [2.45, 2.75) is 20.3 Å². The fourth-order valence-electron chi connectivity index (χ4n) is 2.37. The van der Waals surface area contributed by atoms with Gasteiger partial charge < -0.3 is 9.80 Å². The first kappa shape index (κ1) is 15.3. The van der Waals surface area contributed by atoms with Crippen LogP contribution in [0.4, 0.5) is 5.69 Å². The largest absolute Gasteiger partial charge is 0.358 e. The van der Waals surface area contributed by atoms with Crippen LogP contribution in [-0.4, -0.2) is 40.5 Å². The summed E-state index contributed by atoms with van der Waals surface area (Å²) in [5, 5.41) is 0. The molecule has 2 rings (SSSR count). The van der Waals surface area contributed by atoms with Crippen LogP contribution in [0.15, 0.2) is 24.3 Å². The molecule has 0 fully saturated rings. The molecular formula is C15H20N2OS2. The van der Waals surface area contributed by atoms with Crippen LogP contribution < -0.4 is 4.90 Å². The minimum atomic E-state index is 0.148. The maximum atomic E-state index is 12.3. The molecule has 1 heterocycles. The van der Waals surface area contributed by atoms with Gasteiger partial charge in [0.25, 0.3) is 0 Å². The van der Waals surface area contributed by atoms with E-state index in [4.69, 9.17) is 12.2 Å². The molecule has 1 amide bonds. The fraction of sp³-hybridized carbons (Fsp3) is 0.467. The number of para-hydroxylation sites is 1. The molecule has 0 radical (unpaired) electrons. The van der Waals surface area contributed by atoms with Crippen molar-refractivity contribution in [1.82, 2.24) is 4.90 Å². The molecule has 0 spiro atoms. The van der Waals surface area contributed by atoms with E-state index in [0.717, 1.165) is 36.1 Å². The predicted octanol–water partition coefficient (Wildman–Crippen LogP) is 2.94. The summed E-state index contributed by atoms with van der Waals surface area (Å²) in [5.41, 5.74) is 2.32. The Labute approximate surface area is 130 Å². The summed E-state index contributed by atoms with van der Waals surface area (Å²) >= 11 is 6.83. The van der Waals surface area contributed by atoms with E-state index in [0.29, 0.717) is 5.75 Å². The monoisotopic (exact) mass is 308 g/mol. The van der Waals surface area contributed by atoms with Crippen molar-refractivity contribution in [3.63, 3.8) is 0 Å². The van der Waals surface area contributed by atoms with Gasteiger partial charge in [-0.2, -0.15) is 0 Å². The molecule has 1 aliphatic rings. The average molecular weight is 308 g/mol. The molecule has 108 valence electrons. The number of rotatable bonds is 4. The van der Waals surface area contributed by atoms with Crippen molar-refractivity contribution in [3.05, 3.63) is 29.8 Å². The third kappa shape index (κ3) is 3.33. The Bertz CT molecular complexity index is 500. The summed E-state index contributed by atoms with van der Waals surface area (Å²) in [5.74, 6) is 0.568. The van der Waals surface area contributed by atoms with E-state index in [9.17, 15) is 4.79 Å². The molecule has 0 bridgehead atoms. The van der Waals surface area contributed by atoms with Gasteiger partial charge in [-0.1, -0.05) is 42.2 Å². The Morgan fingerprint density at radius 1 is 1.35 bits per heavy atom. The lowest BCUT2D eigenvalue weighted by Crippen LogP contribution is -2.32. The van der Waals surface area contributed by atoms with Crippen molar-refractivity contribution in [3.8, 4) is 0 Å². The minimum absolute atomic E-state index is 0.148. The summed E-state index contributed by atoms with van der Waals surface area (Å²) in [6, 6.07) is 8.12. The normalized spacial score (nSPS) is 13.2. The van der Waals surface area contributed by atoms with Crippen LogP contribution >= 0.6 is 24.0 Å². The van der Waals surface area contributed by atoms with Gasteiger partial charge >= 0.3 is 0 Å². The highest BCUT2D eigenvalue weighted by Crippen LogP contribution is 2.28. The van der Waals surface area contributed by atoms with Gasteiger partial charge in [-0.05, 0) is 31.9 Å². The zero-order chi connectivity index (χ0) is 14.5. The molecular weight excluding hydrogens is 288 g/mol. The molecule has 0 unspecified atom stereocenters. The standard InChI is InChI=1S/C15H20N2OS2/c1-3-16(4-2)15(19)20-11-14(18)17-10-9-12-7-5-6-8-13(12)17/h5-8H,3-4,9-11H2,1-2H3. The van der Waals surface area contributed by atoms with Crippen LogP contribution in [0, 0.1) is 0 Å². The number of benzene rings is 1. The van der Waals surface area contributed by atoms with Gasteiger partial charge in [0.15, 0.2) is 0 Å². The van der Waals surface area contributed by atoms with Gasteiger partial charge in [0.05, 0.1) is 5.75 Å². The molecule has 0 aromatic heterocycles. The summed E-state index contributed by atoms with van der Waals surface area (Å²) in [7, 11) is 0. The number of anilines is 1. The highest BCUT2D eigenvalue weighted by Gasteiger charge is 2.24. The summed E-state index contributed by atoms with van der Waals surface area (Å²) < 4.78 is 0.816. The molecule has 1 aliphatic heterocycles. The Hall–Kier alpha value is -1.07. The van der Waals surface area contributed by atoms with Crippen LogP contribution in [0.1, 0.15) is 19.4 Å². The maximum Gasteiger partial charge on any atom is 0.237 e. The third-order valence-electron chi connectivity index (χ3n) is 3.53. The number of hydrogen-bond donors (Lipinski definition) is 0. The molecule has 20 heavy (non-hydrogen) atoms. The van der Waals surface area contributed by atoms with Gasteiger partial charge in [0.2, 0.25) is 5.91 Å². The zero-order valence-electron chi connectivity index (χ0n) is 12.0. The molecule has 0 N–H and O–H groups in total. The van der Waals surface area contributed by atoms with E-state index >= 15 is 0 Å². The summed E-state index contributed by atoms with van der Waals surface area (Å²) in [6.07, 6.45) is 0.951. The van der Waals surface area contributed by atoms with Crippen LogP contribution in [0.2, 0.25) is 0 Å². The van der Waals surface area contributed by atoms with Crippen molar-refractivity contribution in [1.29, 1.82) is 0 Å². The number of hydrogen-bond acceptors (Lipinski definition) is 3. The Morgan fingerprint density at radius 2 is 2.05 bits per heavy atom. The second-order valence-corrected chi connectivity index (χ2v) is 6.26. The van der Waals surface area contributed by atoms with Gasteiger partial charge in [-0.3, -0.25) is 4.79 Å². The van der Waals surface area contributed by atoms with E-state index < -0.39 is 0 Å². The van der Waals surface area contributed by atoms with Crippen LogP contribution in [-0.2, 0) is 11.2 Å². The second-order valence-electron chi connectivity index (χ2n) is 4.65. The smallest absolute Gasteiger partial charge is 0.237 e. The van der Waals surface area contributed by atoms with E-state index in [1.165, 1.54) is 17.3 Å². The number of thioether (sulfide) groups is 1. The molecule has 0 saturated carbocycles. The van der Waals surface area contributed by atoms with Crippen molar-refractivity contribution in [2.75, 3.05) is 30.3 Å². The molecule has 5 heteroatoms. The molecule has 3 nitrogen and oxygen atoms in total. The molecule has 0 aliphatic carbocycles. The maximum absolute atomic E-state index is 12.3. The topological polar surface area (TPSA) is 23.6 Å². The van der Waals surface area contributed by atoms with E-state index in [2.05, 4.69) is 24.8 Å². The van der Waals surface area contributed by atoms with Gasteiger partial charge in [-0.25, -0.2) is 0 Å². The SMILES string of the molecule is CCN(CC)C(=S)SCC(=O)N1CCc2ccccc21. The van der Waals surface area contributed by atoms with Gasteiger partial charge in [0, 0.05) is 25.3 Å².